The van der Waals surface area contributed by atoms with Gasteiger partial charge in [0, 0.05) is 36.9 Å². The average Bonchev–Trinajstić information content (AvgIpc) is 2.49. The molecule has 1 spiro atoms. The molecule has 0 saturated carbocycles. The lowest BCUT2D eigenvalue weighted by atomic mass is 9.83. The Morgan fingerprint density at radius 2 is 1.90 bits per heavy atom. The Bertz CT molecular complexity index is 451. The van der Waals surface area contributed by atoms with Crippen molar-refractivity contribution in [3.63, 3.8) is 0 Å². The van der Waals surface area contributed by atoms with Crippen LogP contribution in [0.25, 0.3) is 0 Å². The zero-order chi connectivity index (χ0) is 14.7. The van der Waals surface area contributed by atoms with Crippen LogP contribution in [-0.2, 0) is 9.47 Å². The van der Waals surface area contributed by atoms with Crippen molar-refractivity contribution < 1.29 is 9.47 Å². The lowest BCUT2D eigenvalue weighted by Gasteiger charge is -2.44. The summed E-state index contributed by atoms with van der Waals surface area (Å²) in [5.74, 6) is 0. The average molecular weight is 310 g/mol. The van der Waals surface area contributed by atoms with E-state index in [1.54, 1.807) is 0 Å². The van der Waals surface area contributed by atoms with Gasteiger partial charge < -0.3 is 14.8 Å². The lowest BCUT2D eigenvalue weighted by molar-refractivity contribution is -0.140. The second-order valence-electron chi connectivity index (χ2n) is 6.27. The minimum atomic E-state index is 0.0495. The third kappa shape index (κ3) is 3.78. The van der Waals surface area contributed by atoms with Gasteiger partial charge in [-0.15, -0.1) is 0 Å². The molecular weight excluding hydrogens is 286 g/mol. The molecule has 2 aliphatic rings. The third-order valence-electron chi connectivity index (χ3n) is 4.75. The van der Waals surface area contributed by atoms with Crippen molar-refractivity contribution in [3.8, 4) is 0 Å². The van der Waals surface area contributed by atoms with E-state index in [0.717, 1.165) is 50.5 Å². The maximum Gasteiger partial charge on any atom is 0.0741 e. The van der Waals surface area contributed by atoms with Crippen LogP contribution in [0, 0.1) is 0 Å². The van der Waals surface area contributed by atoms with Crippen molar-refractivity contribution in [1.82, 2.24) is 5.32 Å². The monoisotopic (exact) mass is 309 g/mol. The van der Waals surface area contributed by atoms with Crippen molar-refractivity contribution in [2.24, 2.45) is 0 Å². The van der Waals surface area contributed by atoms with E-state index in [0.29, 0.717) is 12.1 Å². The summed E-state index contributed by atoms with van der Waals surface area (Å²) in [6.07, 6.45) is 4.23. The van der Waals surface area contributed by atoms with Crippen LogP contribution in [0.15, 0.2) is 24.3 Å². The smallest absolute Gasteiger partial charge is 0.0741 e. The molecule has 2 unspecified atom stereocenters. The largest absolute Gasteiger partial charge is 0.381 e. The van der Waals surface area contributed by atoms with Crippen LogP contribution in [0.4, 0.5) is 0 Å². The highest BCUT2D eigenvalue weighted by Crippen LogP contribution is 2.35. The summed E-state index contributed by atoms with van der Waals surface area (Å²) in [4.78, 5) is 0. The van der Waals surface area contributed by atoms with Gasteiger partial charge in [-0.1, -0.05) is 23.7 Å². The SMILES string of the molecule is CC(NC1CCOC2(CCOCC2)C1)c1ccc(Cl)cc1. The van der Waals surface area contributed by atoms with Gasteiger partial charge >= 0.3 is 0 Å². The summed E-state index contributed by atoms with van der Waals surface area (Å²) < 4.78 is 11.6. The second-order valence-corrected chi connectivity index (χ2v) is 6.71. The van der Waals surface area contributed by atoms with Gasteiger partial charge in [-0.2, -0.15) is 0 Å². The second kappa shape index (κ2) is 6.66. The van der Waals surface area contributed by atoms with Crippen LogP contribution in [0.2, 0.25) is 5.02 Å². The molecule has 2 heterocycles. The third-order valence-corrected chi connectivity index (χ3v) is 5.00. The Kier molecular flexibility index (Phi) is 4.85. The summed E-state index contributed by atoms with van der Waals surface area (Å²) in [5.41, 5.74) is 1.33. The van der Waals surface area contributed by atoms with E-state index in [4.69, 9.17) is 21.1 Å². The summed E-state index contributed by atoms with van der Waals surface area (Å²) in [5, 5.41) is 4.55. The molecule has 2 atom stereocenters. The van der Waals surface area contributed by atoms with E-state index in [9.17, 15) is 0 Å². The summed E-state index contributed by atoms with van der Waals surface area (Å²) in [6.45, 7) is 4.74. The Morgan fingerprint density at radius 1 is 1.19 bits per heavy atom. The Balaban J connectivity index is 1.60. The van der Waals surface area contributed by atoms with E-state index in [-0.39, 0.29) is 5.60 Å². The quantitative estimate of drug-likeness (QED) is 0.923. The molecule has 2 saturated heterocycles. The molecule has 0 aromatic heterocycles. The van der Waals surface area contributed by atoms with Gasteiger partial charge in [0.05, 0.1) is 5.60 Å². The molecule has 1 N–H and O–H groups in total. The highest BCUT2D eigenvalue weighted by Gasteiger charge is 2.39. The zero-order valence-corrected chi connectivity index (χ0v) is 13.4. The number of benzene rings is 1. The van der Waals surface area contributed by atoms with Crippen LogP contribution in [-0.4, -0.2) is 31.5 Å². The fraction of sp³-hybridized carbons (Fsp3) is 0.647. The number of nitrogens with one attached hydrogen (secondary N) is 1. The number of halogens is 1. The molecule has 3 nitrogen and oxygen atoms in total. The van der Waals surface area contributed by atoms with Crippen molar-refractivity contribution in [2.45, 2.75) is 50.3 Å². The number of hydrogen-bond donors (Lipinski definition) is 1. The van der Waals surface area contributed by atoms with Crippen molar-refractivity contribution in [2.75, 3.05) is 19.8 Å². The van der Waals surface area contributed by atoms with Crippen molar-refractivity contribution >= 4 is 11.6 Å². The molecule has 0 bridgehead atoms. The minimum absolute atomic E-state index is 0.0495. The van der Waals surface area contributed by atoms with E-state index in [2.05, 4.69) is 24.4 Å². The molecule has 1 aromatic carbocycles. The molecule has 0 aliphatic carbocycles. The van der Waals surface area contributed by atoms with Gasteiger partial charge in [-0.05, 0) is 50.3 Å². The minimum Gasteiger partial charge on any atom is -0.381 e. The number of hydrogen-bond acceptors (Lipinski definition) is 3. The van der Waals surface area contributed by atoms with Crippen LogP contribution in [0.3, 0.4) is 0 Å². The van der Waals surface area contributed by atoms with Crippen molar-refractivity contribution in [1.29, 1.82) is 0 Å². The topological polar surface area (TPSA) is 30.5 Å². The number of rotatable bonds is 3. The van der Waals surface area contributed by atoms with Crippen molar-refractivity contribution in [3.05, 3.63) is 34.9 Å². The van der Waals surface area contributed by atoms with E-state index in [1.807, 2.05) is 12.1 Å². The Labute approximate surface area is 132 Å². The van der Waals surface area contributed by atoms with Crippen LogP contribution in [0.1, 0.15) is 44.2 Å². The van der Waals surface area contributed by atoms with Gasteiger partial charge in [0.1, 0.15) is 0 Å². The first kappa shape index (κ1) is 15.3. The van der Waals surface area contributed by atoms with Gasteiger partial charge in [0.15, 0.2) is 0 Å². The molecular formula is C17H24ClNO2. The molecule has 1 aromatic rings. The molecule has 0 radical (unpaired) electrons. The first-order valence-electron chi connectivity index (χ1n) is 7.90. The first-order chi connectivity index (χ1) is 10.2. The Hall–Kier alpha value is -0.610. The highest BCUT2D eigenvalue weighted by molar-refractivity contribution is 6.30. The van der Waals surface area contributed by atoms with Crippen LogP contribution < -0.4 is 5.32 Å². The number of ether oxygens (including phenoxy) is 2. The highest BCUT2D eigenvalue weighted by atomic mass is 35.5. The van der Waals surface area contributed by atoms with E-state index >= 15 is 0 Å². The molecule has 2 fully saturated rings. The molecule has 3 rings (SSSR count). The van der Waals surface area contributed by atoms with Gasteiger partial charge in [0.25, 0.3) is 0 Å². The fourth-order valence-corrected chi connectivity index (χ4v) is 3.59. The fourth-order valence-electron chi connectivity index (χ4n) is 3.46. The molecule has 0 amide bonds. The maximum absolute atomic E-state index is 6.10. The summed E-state index contributed by atoms with van der Waals surface area (Å²) in [7, 11) is 0. The summed E-state index contributed by atoms with van der Waals surface area (Å²) in [6, 6.07) is 8.97. The predicted octanol–water partition coefficient (Wildman–Crippen LogP) is 3.72. The van der Waals surface area contributed by atoms with E-state index in [1.165, 1.54) is 5.56 Å². The molecule has 21 heavy (non-hydrogen) atoms. The zero-order valence-electron chi connectivity index (χ0n) is 12.6. The molecule has 2 aliphatic heterocycles. The van der Waals surface area contributed by atoms with E-state index < -0.39 is 0 Å². The first-order valence-corrected chi connectivity index (χ1v) is 8.28. The molecule has 4 heteroatoms. The van der Waals surface area contributed by atoms with Crippen LogP contribution >= 0.6 is 11.6 Å². The van der Waals surface area contributed by atoms with Gasteiger partial charge in [-0.25, -0.2) is 0 Å². The Morgan fingerprint density at radius 3 is 2.62 bits per heavy atom. The van der Waals surface area contributed by atoms with Gasteiger partial charge in [0.2, 0.25) is 0 Å². The molecule has 116 valence electrons. The van der Waals surface area contributed by atoms with Crippen LogP contribution in [0.5, 0.6) is 0 Å². The summed E-state index contributed by atoms with van der Waals surface area (Å²) >= 11 is 5.96. The predicted molar refractivity (Wildman–Crippen MR) is 84.8 cm³/mol. The maximum atomic E-state index is 6.10. The van der Waals surface area contributed by atoms with Gasteiger partial charge in [-0.3, -0.25) is 0 Å². The lowest BCUT2D eigenvalue weighted by Crippen LogP contribution is -2.50. The normalized spacial score (nSPS) is 26.7. The standard InChI is InChI=1S/C17H24ClNO2/c1-13(14-2-4-15(18)5-3-14)19-16-6-9-21-17(12-16)7-10-20-11-8-17/h2-5,13,16,19H,6-12H2,1H3.